The summed E-state index contributed by atoms with van der Waals surface area (Å²) in [6.07, 6.45) is 1.20. The summed E-state index contributed by atoms with van der Waals surface area (Å²) in [5.41, 5.74) is 0. The minimum absolute atomic E-state index is 0.0217. The third-order valence-corrected chi connectivity index (χ3v) is 2.83. The maximum atomic E-state index is 8.84. The maximum Gasteiger partial charge on any atom is 0.129 e. The van der Waals surface area contributed by atoms with Gasteiger partial charge in [-0.25, -0.2) is 0 Å². The number of furan rings is 1. The van der Waals surface area contributed by atoms with Gasteiger partial charge in [0.1, 0.15) is 18.1 Å². The topological polar surface area (TPSA) is 48.6 Å². The molecule has 0 amide bonds. The monoisotopic (exact) mass is 210 g/mol. The lowest BCUT2D eigenvalue weighted by atomic mass is 10.2. The molecule has 4 nitrogen and oxygen atoms in total. The van der Waals surface area contributed by atoms with Crippen LogP contribution in [0.25, 0.3) is 0 Å². The largest absolute Gasteiger partial charge is 0.462 e. The average molecular weight is 210 g/mol. The Morgan fingerprint density at radius 3 is 2.93 bits per heavy atom. The highest BCUT2D eigenvalue weighted by atomic mass is 16.4. The molecule has 0 unspecified atom stereocenters. The Labute approximate surface area is 89.9 Å². The predicted molar refractivity (Wildman–Crippen MR) is 57.4 cm³/mol. The molecule has 84 valence electrons. The summed E-state index contributed by atoms with van der Waals surface area (Å²) in [6.45, 7) is 3.00. The fourth-order valence-electron chi connectivity index (χ4n) is 1.95. The van der Waals surface area contributed by atoms with Crippen LogP contribution in [-0.4, -0.2) is 36.2 Å². The van der Waals surface area contributed by atoms with E-state index in [4.69, 9.17) is 9.52 Å². The van der Waals surface area contributed by atoms with Gasteiger partial charge in [0.2, 0.25) is 0 Å². The highest BCUT2D eigenvalue weighted by Gasteiger charge is 2.18. The number of aliphatic hydroxyl groups is 1. The summed E-state index contributed by atoms with van der Waals surface area (Å²) in [6, 6.07) is 4.30. The molecule has 0 bridgehead atoms. The molecule has 0 saturated carbocycles. The van der Waals surface area contributed by atoms with Crippen molar-refractivity contribution < 1.29 is 9.52 Å². The molecule has 1 aromatic rings. The molecule has 0 radical (unpaired) electrons. The van der Waals surface area contributed by atoms with Crippen LogP contribution in [0.2, 0.25) is 0 Å². The molecule has 1 atom stereocenters. The van der Waals surface area contributed by atoms with Gasteiger partial charge in [-0.3, -0.25) is 0 Å². The van der Waals surface area contributed by atoms with E-state index in [1.165, 1.54) is 6.42 Å². The third-order valence-electron chi connectivity index (χ3n) is 2.83. The molecule has 1 saturated heterocycles. The lowest BCUT2D eigenvalue weighted by molar-refractivity contribution is 0.242. The van der Waals surface area contributed by atoms with Crippen molar-refractivity contribution in [2.24, 2.45) is 0 Å². The molecule has 0 aromatic carbocycles. The van der Waals surface area contributed by atoms with Crippen molar-refractivity contribution in [1.82, 2.24) is 10.2 Å². The number of hydrogen-bond donors (Lipinski definition) is 2. The molecule has 15 heavy (non-hydrogen) atoms. The molecule has 2 rings (SSSR count). The predicted octanol–water partition coefficient (Wildman–Crippen LogP) is 0.566. The number of aliphatic hydroxyl groups excluding tert-OH is 1. The van der Waals surface area contributed by atoms with Crippen molar-refractivity contribution >= 4 is 0 Å². The fourth-order valence-corrected chi connectivity index (χ4v) is 1.95. The molecule has 0 spiro atoms. The molecule has 2 heterocycles. The van der Waals surface area contributed by atoms with E-state index in [0.717, 1.165) is 25.4 Å². The van der Waals surface area contributed by atoms with Gasteiger partial charge < -0.3 is 19.7 Å². The number of hydrogen-bond acceptors (Lipinski definition) is 4. The van der Waals surface area contributed by atoms with Crippen LogP contribution in [0.1, 0.15) is 17.9 Å². The molecule has 1 aromatic heterocycles. The Kier molecular flexibility index (Phi) is 3.41. The van der Waals surface area contributed by atoms with Gasteiger partial charge in [-0.05, 0) is 32.1 Å². The van der Waals surface area contributed by atoms with Crippen LogP contribution in [0.4, 0.5) is 0 Å². The second kappa shape index (κ2) is 4.79. The van der Waals surface area contributed by atoms with Crippen molar-refractivity contribution in [3.8, 4) is 0 Å². The standard InChI is InChI=1S/C11H18N2O2/c1-13-5-4-9(7-13)12-6-10-2-3-11(8-14)15-10/h2-3,9,12,14H,4-8H2,1H3/t9-/m0/s1. The van der Waals surface area contributed by atoms with E-state index in [1.54, 1.807) is 0 Å². The molecular formula is C11H18N2O2. The third kappa shape index (κ3) is 2.81. The quantitative estimate of drug-likeness (QED) is 0.762. The first-order valence-electron chi connectivity index (χ1n) is 5.38. The summed E-state index contributed by atoms with van der Waals surface area (Å²) in [5.74, 6) is 1.53. The van der Waals surface area contributed by atoms with Crippen molar-refractivity contribution in [2.45, 2.75) is 25.6 Å². The normalized spacial score (nSPS) is 22.4. The second-order valence-corrected chi connectivity index (χ2v) is 4.15. The van der Waals surface area contributed by atoms with Gasteiger partial charge in [-0.15, -0.1) is 0 Å². The molecule has 4 heteroatoms. The number of likely N-dealkylation sites (tertiary alicyclic amines) is 1. The van der Waals surface area contributed by atoms with Crippen molar-refractivity contribution in [3.05, 3.63) is 23.7 Å². The van der Waals surface area contributed by atoms with Gasteiger partial charge >= 0.3 is 0 Å². The van der Waals surface area contributed by atoms with E-state index >= 15 is 0 Å². The Morgan fingerprint density at radius 1 is 1.53 bits per heavy atom. The SMILES string of the molecule is CN1CC[C@H](NCc2ccc(CO)o2)C1. The highest BCUT2D eigenvalue weighted by Crippen LogP contribution is 2.10. The number of nitrogens with zero attached hydrogens (tertiary/aromatic N) is 1. The minimum Gasteiger partial charge on any atom is -0.462 e. The molecule has 1 aliphatic rings. The first kappa shape index (κ1) is 10.7. The minimum atomic E-state index is -0.0217. The molecule has 2 N–H and O–H groups in total. The van der Waals surface area contributed by atoms with E-state index in [2.05, 4.69) is 17.3 Å². The van der Waals surface area contributed by atoms with Crippen LogP contribution in [0, 0.1) is 0 Å². The molecule has 1 fully saturated rings. The van der Waals surface area contributed by atoms with Crippen LogP contribution in [-0.2, 0) is 13.2 Å². The lowest BCUT2D eigenvalue weighted by Crippen LogP contribution is -2.30. The van der Waals surface area contributed by atoms with E-state index in [1.807, 2.05) is 12.1 Å². The number of rotatable bonds is 4. The van der Waals surface area contributed by atoms with Crippen LogP contribution in [0.5, 0.6) is 0 Å². The van der Waals surface area contributed by atoms with E-state index in [9.17, 15) is 0 Å². The zero-order valence-electron chi connectivity index (χ0n) is 9.07. The summed E-state index contributed by atoms with van der Waals surface area (Å²) in [7, 11) is 2.14. The molecule has 1 aliphatic heterocycles. The van der Waals surface area contributed by atoms with Crippen LogP contribution < -0.4 is 5.32 Å². The van der Waals surface area contributed by atoms with Crippen molar-refractivity contribution in [3.63, 3.8) is 0 Å². The smallest absolute Gasteiger partial charge is 0.129 e. The molecule has 0 aliphatic carbocycles. The first-order chi connectivity index (χ1) is 7.28. The zero-order chi connectivity index (χ0) is 10.7. The Balaban J connectivity index is 1.77. The second-order valence-electron chi connectivity index (χ2n) is 4.15. The van der Waals surface area contributed by atoms with Crippen molar-refractivity contribution in [1.29, 1.82) is 0 Å². The summed E-state index contributed by atoms with van der Waals surface area (Å²) in [5, 5.41) is 12.3. The van der Waals surface area contributed by atoms with Gasteiger partial charge in [0, 0.05) is 12.6 Å². The Bertz CT molecular complexity index is 311. The van der Waals surface area contributed by atoms with Crippen LogP contribution in [0.15, 0.2) is 16.5 Å². The number of nitrogens with one attached hydrogen (secondary N) is 1. The van der Waals surface area contributed by atoms with Crippen LogP contribution in [0.3, 0.4) is 0 Å². The number of likely N-dealkylation sites (N-methyl/N-ethyl adjacent to an activating group) is 1. The van der Waals surface area contributed by atoms with Gasteiger partial charge in [0.15, 0.2) is 0 Å². The van der Waals surface area contributed by atoms with E-state index in [0.29, 0.717) is 11.8 Å². The maximum absolute atomic E-state index is 8.84. The van der Waals surface area contributed by atoms with Gasteiger partial charge in [0.25, 0.3) is 0 Å². The van der Waals surface area contributed by atoms with Crippen LogP contribution >= 0.6 is 0 Å². The van der Waals surface area contributed by atoms with Gasteiger partial charge in [-0.2, -0.15) is 0 Å². The molecular weight excluding hydrogens is 192 g/mol. The van der Waals surface area contributed by atoms with E-state index in [-0.39, 0.29) is 6.61 Å². The van der Waals surface area contributed by atoms with Crippen molar-refractivity contribution in [2.75, 3.05) is 20.1 Å². The zero-order valence-corrected chi connectivity index (χ0v) is 9.07. The average Bonchev–Trinajstić information content (AvgIpc) is 2.83. The first-order valence-corrected chi connectivity index (χ1v) is 5.38. The lowest BCUT2D eigenvalue weighted by Gasteiger charge is -2.11. The summed E-state index contributed by atoms with van der Waals surface area (Å²) >= 11 is 0. The highest BCUT2D eigenvalue weighted by molar-refractivity contribution is 5.06. The summed E-state index contributed by atoms with van der Waals surface area (Å²) < 4.78 is 5.39. The summed E-state index contributed by atoms with van der Waals surface area (Å²) in [4.78, 5) is 2.32. The van der Waals surface area contributed by atoms with Gasteiger partial charge in [0.05, 0.1) is 6.54 Å². The van der Waals surface area contributed by atoms with E-state index < -0.39 is 0 Å². The van der Waals surface area contributed by atoms with Gasteiger partial charge in [-0.1, -0.05) is 0 Å². The fraction of sp³-hybridized carbons (Fsp3) is 0.636. The Morgan fingerprint density at radius 2 is 2.33 bits per heavy atom. The Hall–Kier alpha value is -0.840.